The summed E-state index contributed by atoms with van der Waals surface area (Å²) in [5.41, 5.74) is 2.82. The molecular weight excluding hydrogens is 206 g/mol. The second kappa shape index (κ2) is 5.33. The topological polar surface area (TPSA) is 12.0 Å². The molecule has 0 aliphatic rings. The highest BCUT2D eigenvalue weighted by Crippen LogP contribution is 2.27. The maximum absolute atomic E-state index is 3.58. The molecule has 2 aromatic rings. The molecule has 17 heavy (non-hydrogen) atoms. The highest BCUT2D eigenvalue weighted by atomic mass is 14.9. The number of nitrogens with one attached hydrogen (secondary N) is 1. The lowest BCUT2D eigenvalue weighted by Crippen LogP contribution is -2.20. The van der Waals surface area contributed by atoms with Gasteiger partial charge in [-0.2, -0.15) is 0 Å². The summed E-state index contributed by atoms with van der Waals surface area (Å²) in [5.74, 6) is 0. The molecule has 1 N–H and O–H groups in total. The molecule has 0 spiro atoms. The van der Waals surface area contributed by atoms with Gasteiger partial charge in [0.05, 0.1) is 0 Å². The van der Waals surface area contributed by atoms with E-state index in [1.54, 1.807) is 0 Å². The molecule has 90 valence electrons. The van der Waals surface area contributed by atoms with Crippen molar-refractivity contribution in [3.8, 4) is 0 Å². The molecule has 0 bridgehead atoms. The number of aryl methyl sites for hydroxylation is 1. The fourth-order valence-electron chi connectivity index (χ4n) is 2.44. The van der Waals surface area contributed by atoms with Crippen LogP contribution < -0.4 is 5.32 Å². The molecule has 0 radical (unpaired) electrons. The predicted molar refractivity (Wildman–Crippen MR) is 75.4 cm³/mol. The van der Waals surface area contributed by atoms with Gasteiger partial charge in [0.2, 0.25) is 0 Å². The van der Waals surface area contributed by atoms with Gasteiger partial charge >= 0.3 is 0 Å². The Labute approximate surface area is 104 Å². The van der Waals surface area contributed by atoms with Gasteiger partial charge in [0.15, 0.2) is 0 Å². The molecule has 1 atom stereocenters. The van der Waals surface area contributed by atoms with E-state index in [-0.39, 0.29) is 0 Å². The van der Waals surface area contributed by atoms with E-state index in [1.807, 2.05) is 0 Å². The van der Waals surface area contributed by atoms with Gasteiger partial charge in [0.1, 0.15) is 0 Å². The third-order valence-corrected chi connectivity index (χ3v) is 3.32. The molecule has 0 aromatic heterocycles. The van der Waals surface area contributed by atoms with Gasteiger partial charge in [0.25, 0.3) is 0 Å². The summed E-state index contributed by atoms with van der Waals surface area (Å²) in [6, 6.07) is 13.5. The van der Waals surface area contributed by atoms with Crippen LogP contribution in [0.25, 0.3) is 10.8 Å². The Kier molecular flexibility index (Phi) is 3.80. The summed E-state index contributed by atoms with van der Waals surface area (Å²) < 4.78 is 0. The molecular formula is C16H21N. The Morgan fingerprint density at radius 1 is 1.12 bits per heavy atom. The first-order valence-corrected chi connectivity index (χ1v) is 6.45. The number of fused-ring (bicyclic) bond motifs is 1. The van der Waals surface area contributed by atoms with Crippen molar-refractivity contribution in [2.24, 2.45) is 0 Å². The first kappa shape index (κ1) is 12.1. The van der Waals surface area contributed by atoms with Gasteiger partial charge in [-0.3, -0.25) is 0 Å². The lowest BCUT2D eigenvalue weighted by atomic mass is 9.95. The molecule has 1 nitrogen and oxygen atoms in total. The summed E-state index contributed by atoms with van der Waals surface area (Å²) in [5, 5.41) is 6.29. The Balaban J connectivity index is 2.47. The highest BCUT2D eigenvalue weighted by molar-refractivity contribution is 5.87. The van der Waals surface area contributed by atoms with Crippen LogP contribution in [-0.4, -0.2) is 6.54 Å². The van der Waals surface area contributed by atoms with Crippen LogP contribution in [0.1, 0.15) is 37.4 Å². The van der Waals surface area contributed by atoms with Crippen molar-refractivity contribution in [2.45, 2.75) is 33.2 Å². The Morgan fingerprint density at radius 2 is 1.88 bits per heavy atom. The molecule has 0 saturated carbocycles. The van der Waals surface area contributed by atoms with Crippen LogP contribution in [0.3, 0.4) is 0 Å². The minimum atomic E-state index is 0.418. The Hall–Kier alpha value is -1.34. The minimum absolute atomic E-state index is 0.418. The van der Waals surface area contributed by atoms with Crippen molar-refractivity contribution in [1.82, 2.24) is 5.32 Å². The fourth-order valence-corrected chi connectivity index (χ4v) is 2.44. The van der Waals surface area contributed by atoms with Gasteiger partial charge in [-0.15, -0.1) is 0 Å². The highest BCUT2D eigenvalue weighted by Gasteiger charge is 2.10. The average molecular weight is 227 g/mol. The molecule has 0 saturated heterocycles. The minimum Gasteiger partial charge on any atom is -0.310 e. The zero-order chi connectivity index (χ0) is 12.3. The van der Waals surface area contributed by atoms with Crippen LogP contribution >= 0.6 is 0 Å². The lowest BCUT2D eigenvalue weighted by molar-refractivity contribution is 0.572. The third-order valence-electron chi connectivity index (χ3n) is 3.32. The molecule has 0 amide bonds. The Morgan fingerprint density at radius 3 is 2.65 bits per heavy atom. The quantitative estimate of drug-likeness (QED) is 0.825. The predicted octanol–water partition coefficient (Wildman–Crippen LogP) is 4.21. The molecule has 2 aromatic carbocycles. The first-order chi connectivity index (χ1) is 8.24. The van der Waals surface area contributed by atoms with Crippen LogP contribution in [0.2, 0.25) is 0 Å². The molecule has 0 fully saturated rings. The van der Waals surface area contributed by atoms with E-state index < -0.39 is 0 Å². The second-order valence-electron chi connectivity index (χ2n) is 4.69. The molecule has 0 aliphatic heterocycles. The van der Waals surface area contributed by atoms with Crippen molar-refractivity contribution in [1.29, 1.82) is 0 Å². The van der Waals surface area contributed by atoms with Crippen molar-refractivity contribution in [3.63, 3.8) is 0 Å². The second-order valence-corrected chi connectivity index (χ2v) is 4.69. The van der Waals surface area contributed by atoms with Gasteiger partial charge in [-0.05, 0) is 48.7 Å². The van der Waals surface area contributed by atoms with Gasteiger partial charge in [0, 0.05) is 6.04 Å². The van der Waals surface area contributed by atoms with Crippen LogP contribution in [0.5, 0.6) is 0 Å². The maximum atomic E-state index is 3.58. The van der Waals surface area contributed by atoms with Crippen molar-refractivity contribution < 1.29 is 0 Å². The third kappa shape index (κ3) is 2.50. The van der Waals surface area contributed by atoms with Gasteiger partial charge in [-0.1, -0.05) is 43.3 Å². The average Bonchev–Trinajstić information content (AvgIpc) is 2.35. The summed E-state index contributed by atoms with van der Waals surface area (Å²) in [6.07, 6.45) is 1.17. The number of hydrogen-bond donors (Lipinski definition) is 1. The van der Waals surface area contributed by atoms with Crippen molar-refractivity contribution >= 4 is 10.8 Å². The monoisotopic (exact) mass is 227 g/mol. The van der Waals surface area contributed by atoms with Crippen LogP contribution in [-0.2, 0) is 0 Å². The van der Waals surface area contributed by atoms with E-state index in [0.29, 0.717) is 6.04 Å². The van der Waals surface area contributed by atoms with E-state index in [9.17, 15) is 0 Å². The summed E-state index contributed by atoms with van der Waals surface area (Å²) in [6.45, 7) is 7.73. The Bertz CT molecular complexity index is 502. The zero-order valence-electron chi connectivity index (χ0n) is 11.0. The summed E-state index contributed by atoms with van der Waals surface area (Å²) >= 11 is 0. The fraction of sp³-hybridized carbons (Fsp3) is 0.375. The van der Waals surface area contributed by atoms with Crippen LogP contribution in [0.4, 0.5) is 0 Å². The molecule has 0 heterocycles. The number of rotatable bonds is 4. The smallest absolute Gasteiger partial charge is 0.0300 e. The van der Waals surface area contributed by atoms with Crippen LogP contribution in [0.15, 0.2) is 36.4 Å². The van der Waals surface area contributed by atoms with E-state index in [4.69, 9.17) is 0 Å². The normalized spacial score (nSPS) is 12.9. The molecule has 1 unspecified atom stereocenters. The van der Waals surface area contributed by atoms with E-state index >= 15 is 0 Å². The number of hydrogen-bond acceptors (Lipinski definition) is 1. The van der Waals surface area contributed by atoms with E-state index in [2.05, 4.69) is 62.5 Å². The summed E-state index contributed by atoms with van der Waals surface area (Å²) in [4.78, 5) is 0. The van der Waals surface area contributed by atoms with Crippen LogP contribution in [0, 0.1) is 6.92 Å². The first-order valence-electron chi connectivity index (χ1n) is 6.45. The molecule has 2 rings (SSSR count). The van der Waals surface area contributed by atoms with E-state index in [0.717, 1.165) is 6.54 Å². The maximum Gasteiger partial charge on any atom is 0.0300 e. The van der Waals surface area contributed by atoms with Gasteiger partial charge < -0.3 is 5.32 Å². The summed E-state index contributed by atoms with van der Waals surface area (Å²) in [7, 11) is 0. The standard InChI is InChI=1S/C16H21N/c1-4-11-17-13(3)16-12(2)9-10-14-7-5-6-8-15(14)16/h5-10,13,17H,4,11H2,1-3H3. The lowest BCUT2D eigenvalue weighted by Gasteiger charge is -2.18. The number of benzene rings is 2. The van der Waals surface area contributed by atoms with Crippen molar-refractivity contribution in [3.05, 3.63) is 47.5 Å². The zero-order valence-corrected chi connectivity index (χ0v) is 11.0. The largest absolute Gasteiger partial charge is 0.310 e. The van der Waals surface area contributed by atoms with Gasteiger partial charge in [-0.25, -0.2) is 0 Å². The SMILES string of the molecule is CCCNC(C)c1c(C)ccc2ccccc12. The molecule has 1 heteroatoms. The van der Waals surface area contributed by atoms with Crippen molar-refractivity contribution in [2.75, 3.05) is 6.54 Å². The molecule has 0 aliphatic carbocycles. The van der Waals surface area contributed by atoms with E-state index in [1.165, 1.54) is 28.3 Å².